The fourth-order valence-electron chi connectivity index (χ4n) is 3.54. The van der Waals surface area contributed by atoms with Crippen molar-refractivity contribution < 1.29 is 14.5 Å². The average Bonchev–Trinajstić information content (AvgIpc) is 3.24. The molecule has 3 aromatic rings. The van der Waals surface area contributed by atoms with Gasteiger partial charge in [-0.1, -0.05) is 0 Å². The minimum atomic E-state index is -0.456. The molecule has 0 bridgehead atoms. The van der Waals surface area contributed by atoms with Gasteiger partial charge in [-0.3, -0.25) is 14.9 Å². The highest BCUT2D eigenvalue weighted by Gasteiger charge is 2.27. The van der Waals surface area contributed by atoms with Gasteiger partial charge >= 0.3 is 0 Å². The van der Waals surface area contributed by atoms with E-state index >= 15 is 0 Å². The number of hydrogen-bond donors (Lipinski definition) is 0. The number of nitro benzene ring substituents is 1. The number of methoxy groups -OCH3 is 1. The highest BCUT2D eigenvalue weighted by atomic mass is 16.6. The van der Waals surface area contributed by atoms with Gasteiger partial charge in [-0.05, 0) is 12.1 Å². The van der Waals surface area contributed by atoms with Gasteiger partial charge in [0.05, 0.1) is 12.0 Å². The molecule has 3 heterocycles. The van der Waals surface area contributed by atoms with Crippen LogP contribution in [0.3, 0.4) is 0 Å². The molecule has 0 saturated carbocycles. The summed E-state index contributed by atoms with van der Waals surface area (Å²) in [5.41, 5.74) is 0.604. The lowest BCUT2D eigenvalue weighted by Crippen LogP contribution is -2.47. The number of aromatic nitrogens is 4. The van der Waals surface area contributed by atoms with Crippen LogP contribution in [0.1, 0.15) is 16.2 Å². The summed E-state index contributed by atoms with van der Waals surface area (Å²) in [7, 11) is 3.25. The summed E-state index contributed by atoms with van der Waals surface area (Å²) in [5.74, 6) is 0.914. The number of rotatable bonds is 6. The number of carbonyl (C=O) groups excluding carboxylic acids is 1. The second-order valence-electron chi connectivity index (χ2n) is 7.02. The van der Waals surface area contributed by atoms with Crippen molar-refractivity contribution in [3.05, 3.63) is 64.4 Å². The van der Waals surface area contributed by atoms with Crippen LogP contribution in [0.25, 0.3) is 0 Å². The molecule has 1 aliphatic rings. The van der Waals surface area contributed by atoms with Crippen molar-refractivity contribution in [3.8, 4) is 5.88 Å². The quantitative estimate of drug-likeness (QED) is 0.331. The van der Waals surface area contributed by atoms with E-state index in [9.17, 15) is 14.9 Å². The standard InChI is InChI=1S/C20H21N7O4/c1-24-8-7-21-19(24)18(28)14-3-4-15(16(13-14)27(29)30)25-9-11-26(12-10-25)20-22-6-5-17(23-20)31-2/h3-8,13H,9-12H2,1-2H3. The molecule has 1 fully saturated rings. The van der Waals surface area contributed by atoms with Crippen molar-refractivity contribution in [2.45, 2.75) is 0 Å². The molecular formula is C20H21N7O4. The maximum atomic E-state index is 12.7. The van der Waals surface area contributed by atoms with Crippen LogP contribution in [0.4, 0.5) is 17.3 Å². The number of carbonyl (C=O) groups is 1. The maximum absolute atomic E-state index is 12.7. The number of nitrogens with zero attached hydrogens (tertiary/aromatic N) is 7. The molecular weight excluding hydrogens is 402 g/mol. The normalized spacial score (nSPS) is 13.9. The molecule has 31 heavy (non-hydrogen) atoms. The minimum absolute atomic E-state index is 0.105. The molecule has 0 atom stereocenters. The highest BCUT2D eigenvalue weighted by molar-refractivity contribution is 6.07. The van der Waals surface area contributed by atoms with E-state index in [-0.39, 0.29) is 22.9 Å². The average molecular weight is 423 g/mol. The molecule has 0 aliphatic carbocycles. The van der Waals surface area contributed by atoms with Gasteiger partial charge in [-0.2, -0.15) is 4.98 Å². The predicted octanol–water partition coefficient (Wildman–Crippen LogP) is 1.68. The molecule has 1 saturated heterocycles. The summed E-state index contributed by atoms with van der Waals surface area (Å²) in [6.07, 6.45) is 4.80. The molecule has 2 aromatic heterocycles. The summed E-state index contributed by atoms with van der Waals surface area (Å²) in [4.78, 5) is 40.6. The fourth-order valence-corrected chi connectivity index (χ4v) is 3.54. The van der Waals surface area contributed by atoms with Crippen LogP contribution in [-0.2, 0) is 7.05 Å². The summed E-state index contributed by atoms with van der Waals surface area (Å²) in [5, 5.41) is 11.8. The molecule has 160 valence electrons. The Balaban J connectivity index is 1.54. The number of benzene rings is 1. The molecule has 0 N–H and O–H groups in total. The Morgan fingerprint density at radius 3 is 2.48 bits per heavy atom. The predicted molar refractivity (Wildman–Crippen MR) is 113 cm³/mol. The van der Waals surface area contributed by atoms with Crippen molar-refractivity contribution in [1.29, 1.82) is 0 Å². The monoisotopic (exact) mass is 423 g/mol. The SMILES string of the molecule is COc1ccnc(N2CCN(c3ccc(C(=O)c4nccn4C)cc3[N+](=O)[O-])CC2)n1. The van der Waals surface area contributed by atoms with Gasteiger partial charge < -0.3 is 19.1 Å². The van der Waals surface area contributed by atoms with E-state index in [2.05, 4.69) is 15.0 Å². The van der Waals surface area contributed by atoms with E-state index in [1.807, 2.05) is 9.80 Å². The first-order valence-electron chi connectivity index (χ1n) is 9.65. The topological polar surface area (TPSA) is 120 Å². The number of nitro groups is 1. The van der Waals surface area contributed by atoms with Crippen molar-refractivity contribution >= 4 is 23.1 Å². The largest absolute Gasteiger partial charge is 0.481 e. The molecule has 11 heteroatoms. The summed E-state index contributed by atoms with van der Waals surface area (Å²) >= 11 is 0. The molecule has 1 aromatic carbocycles. The summed E-state index contributed by atoms with van der Waals surface area (Å²) in [6, 6.07) is 6.24. The lowest BCUT2D eigenvalue weighted by molar-refractivity contribution is -0.384. The van der Waals surface area contributed by atoms with E-state index in [1.54, 1.807) is 49.3 Å². The zero-order chi connectivity index (χ0) is 22.0. The van der Waals surface area contributed by atoms with Crippen LogP contribution >= 0.6 is 0 Å². The number of anilines is 2. The zero-order valence-corrected chi connectivity index (χ0v) is 17.1. The Hall–Kier alpha value is -4.02. The Morgan fingerprint density at radius 1 is 1.10 bits per heavy atom. The smallest absolute Gasteiger partial charge is 0.293 e. The van der Waals surface area contributed by atoms with Gasteiger partial charge in [0.1, 0.15) is 5.69 Å². The van der Waals surface area contributed by atoms with Crippen molar-refractivity contribution in [3.63, 3.8) is 0 Å². The van der Waals surface area contributed by atoms with Crippen LogP contribution in [0, 0.1) is 10.1 Å². The van der Waals surface area contributed by atoms with Gasteiger partial charge in [0.2, 0.25) is 17.6 Å². The van der Waals surface area contributed by atoms with E-state index in [0.29, 0.717) is 43.7 Å². The van der Waals surface area contributed by atoms with Gasteiger partial charge in [-0.15, -0.1) is 0 Å². The number of piperazine rings is 1. The first-order valence-corrected chi connectivity index (χ1v) is 9.65. The number of ketones is 1. The number of ether oxygens (including phenoxy) is 1. The lowest BCUT2D eigenvalue weighted by Gasteiger charge is -2.35. The number of aryl methyl sites for hydroxylation is 1. The van der Waals surface area contributed by atoms with Gasteiger partial charge in [0.25, 0.3) is 5.69 Å². The molecule has 1 aliphatic heterocycles. The van der Waals surface area contributed by atoms with E-state index < -0.39 is 4.92 Å². The Labute approximate surface area is 178 Å². The van der Waals surface area contributed by atoms with Crippen LogP contribution < -0.4 is 14.5 Å². The minimum Gasteiger partial charge on any atom is -0.481 e. The molecule has 11 nitrogen and oxygen atoms in total. The number of imidazole rings is 1. The first kappa shape index (κ1) is 20.3. The number of hydrogen-bond acceptors (Lipinski definition) is 9. The third-order valence-corrected chi connectivity index (χ3v) is 5.19. The first-order chi connectivity index (χ1) is 15.0. The van der Waals surface area contributed by atoms with Gasteiger partial charge in [0.15, 0.2) is 5.82 Å². The maximum Gasteiger partial charge on any atom is 0.293 e. The lowest BCUT2D eigenvalue weighted by atomic mass is 10.1. The Kier molecular flexibility index (Phi) is 5.48. The molecule has 0 spiro atoms. The Bertz CT molecular complexity index is 1120. The zero-order valence-electron chi connectivity index (χ0n) is 17.1. The van der Waals surface area contributed by atoms with Crippen molar-refractivity contribution in [1.82, 2.24) is 19.5 Å². The van der Waals surface area contributed by atoms with Crippen LogP contribution in [0.15, 0.2) is 42.9 Å². The molecule has 0 radical (unpaired) electrons. The van der Waals surface area contributed by atoms with E-state index in [1.165, 1.54) is 12.3 Å². The second kappa shape index (κ2) is 8.38. The fraction of sp³-hybridized carbons (Fsp3) is 0.300. The molecule has 0 amide bonds. The highest BCUT2D eigenvalue weighted by Crippen LogP contribution is 2.31. The van der Waals surface area contributed by atoms with Gasteiger partial charge in [0, 0.05) is 69.5 Å². The van der Waals surface area contributed by atoms with Crippen molar-refractivity contribution in [2.24, 2.45) is 7.05 Å². The third-order valence-electron chi connectivity index (χ3n) is 5.19. The van der Waals surface area contributed by atoms with E-state index in [0.717, 1.165) is 0 Å². The Morgan fingerprint density at radius 2 is 1.84 bits per heavy atom. The second-order valence-corrected chi connectivity index (χ2v) is 7.02. The van der Waals surface area contributed by atoms with E-state index in [4.69, 9.17) is 4.74 Å². The van der Waals surface area contributed by atoms with Crippen LogP contribution in [-0.4, -0.2) is 63.5 Å². The van der Waals surface area contributed by atoms with Crippen LogP contribution in [0.5, 0.6) is 5.88 Å². The molecule has 0 unspecified atom stereocenters. The summed E-state index contributed by atoms with van der Waals surface area (Å²) in [6.45, 7) is 2.29. The molecule has 4 rings (SSSR count). The van der Waals surface area contributed by atoms with Gasteiger partial charge in [-0.25, -0.2) is 9.97 Å². The van der Waals surface area contributed by atoms with Crippen LogP contribution in [0.2, 0.25) is 0 Å². The summed E-state index contributed by atoms with van der Waals surface area (Å²) < 4.78 is 6.73. The van der Waals surface area contributed by atoms with Crippen molar-refractivity contribution in [2.75, 3.05) is 43.1 Å². The third kappa shape index (κ3) is 4.02.